The zero-order valence-electron chi connectivity index (χ0n) is 17.9. The smallest absolute Gasteiger partial charge is 0.266 e. The summed E-state index contributed by atoms with van der Waals surface area (Å²) in [5, 5.41) is 9.69. The molecule has 3 aromatic rings. The molecule has 1 N–H and O–H groups in total. The number of aromatic nitrogens is 1. The summed E-state index contributed by atoms with van der Waals surface area (Å²) in [6.45, 7) is 4.69. The Morgan fingerprint density at radius 1 is 0.871 bits per heavy atom. The molecular formula is C24H24N2O5. The Morgan fingerprint density at radius 2 is 1.58 bits per heavy atom. The Balaban J connectivity index is 2.25. The van der Waals surface area contributed by atoms with Crippen LogP contribution < -0.4 is 24.5 Å². The van der Waals surface area contributed by atoms with Gasteiger partial charge in [0.05, 0.1) is 27.4 Å². The lowest BCUT2D eigenvalue weighted by atomic mass is 9.98. The Kier molecular flexibility index (Phi) is 6.83. The maximum atomic E-state index is 12.8. The summed E-state index contributed by atoms with van der Waals surface area (Å²) in [5.74, 6) is 2.29. The lowest BCUT2D eigenvalue weighted by Crippen LogP contribution is -2.13. The minimum absolute atomic E-state index is 0.00108. The van der Waals surface area contributed by atoms with Crippen molar-refractivity contribution in [1.82, 2.24) is 4.98 Å². The number of aromatic amines is 1. The molecule has 0 radical (unpaired) electrons. The van der Waals surface area contributed by atoms with Gasteiger partial charge in [-0.3, -0.25) is 4.79 Å². The van der Waals surface area contributed by atoms with E-state index >= 15 is 0 Å². The second-order valence-electron chi connectivity index (χ2n) is 6.51. The van der Waals surface area contributed by atoms with Crippen LogP contribution in [0.4, 0.5) is 0 Å². The highest BCUT2D eigenvalue weighted by atomic mass is 16.5. The molecule has 0 atom stereocenters. The third-order valence-corrected chi connectivity index (χ3v) is 4.69. The third-order valence-electron chi connectivity index (χ3n) is 4.69. The van der Waals surface area contributed by atoms with Crippen LogP contribution in [0.1, 0.15) is 19.4 Å². The van der Waals surface area contributed by atoms with Crippen molar-refractivity contribution in [3.05, 3.63) is 58.4 Å². The number of pyridine rings is 1. The standard InChI is InChI=1S/C24H24N2O5/c1-5-30-16-8-10-21(31-6-2)18(12-16)17-13-20(26-24(27)19(17)14-25)15-7-9-22(28-3)23(11-15)29-4/h7-13H,5-6H2,1-4H3,(H,26,27). The van der Waals surface area contributed by atoms with E-state index in [1.807, 2.05) is 26.0 Å². The average molecular weight is 420 g/mol. The molecule has 0 amide bonds. The molecule has 160 valence electrons. The highest BCUT2D eigenvalue weighted by Gasteiger charge is 2.18. The Bertz CT molecular complexity index is 1180. The summed E-state index contributed by atoms with van der Waals surface area (Å²) in [7, 11) is 3.10. The first-order valence-corrected chi connectivity index (χ1v) is 9.86. The van der Waals surface area contributed by atoms with Crippen LogP contribution in [-0.4, -0.2) is 32.4 Å². The number of rotatable bonds is 8. The fourth-order valence-corrected chi connectivity index (χ4v) is 3.30. The van der Waals surface area contributed by atoms with Crippen LogP contribution in [0.25, 0.3) is 22.4 Å². The molecule has 0 aliphatic carbocycles. The molecule has 3 rings (SSSR count). The predicted molar refractivity (Wildman–Crippen MR) is 118 cm³/mol. The molecule has 7 heteroatoms. The quantitative estimate of drug-likeness (QED) is 0.581. The summed E-state index contributed by atoms with van der Waals surface area (Å²) in [6, 6.07) is 14.5. The van der Waals surface area contributed by atoms with Crippen molar-refractivity contribution in [3.63, 3.8) is 0 Å². The molecule has 2 aromatic carbocycles. The number of methoxy groups -OCH3 is 2. The van der Waals surface area contributed by atoms with E-state index in [0.717, 1.165) is 0 Å². The molecule has 1 aromatic heterocycles. The van der Waals surface area contributed by atoms with Gasteiger partial charge >= 0.3 is 0 Å². The van der Waals surface area contributed by atoms with Gasteiger partial charge in [0.2, 0.25) is 0 Å². The van der Waals surface area contributed by atoms with Crippen LogP contribution in [0.2, 0.25) is 0 Å². The zero-order valence-corrected chi connectivity index (χ0v) is 17.9. The van der Waals surface area contributed by atoms with Crippen LogP contribution in [0.5, 0.6) is 23.0 Å². The van der Waals surface area contributed by atoms with E-state index in [-0.39, 0.29) is 5.56 Å². The molecule has 0 aliphatic rings. The summed E-state index contributed by atoms with van der Waals surface area (Å²) < 4.78 is 22.0. The van der Waals surface area contributed by atoms with Gasteiger partial charge in [-0.05, 0) is 56.3 Å². The molecule has 0 aliphatic heterocycles. The number of nitrogens with zero attached hydrogens (tertiary/aromatic N) is 1. The topological polar surface area (TPSA) is 93.6 Å². The molecule has 0 bridgehead atoms. The summed E-state index contributed by atoms with van der Waals surface area (Å²) in [4.78, 5) is 15.6. The Hall–Kier alpha value is -3.92. The first-order chi connectivity index (χ1) is 15.1. The normalized spacial score (nSPS) is 10.3. The number of benzene rings is 2. The zero-order chi connectivity index (χ0) is 22.4. The van der Waals surface area contributed by atoms with Crippen molar-refractivity contribution >= 4 is 0 Å². The highest BCUT2D eigenvalue weighted by Crippen LogP contribution is 2.37. The molecule has 0 saturated heterocycles. The fourth-order valence-electron chi connectivity index (χ4n) is 3.30. The first kappa shape index (κ1) is 21.8. The van der Waals surface area contributed by atoms with E-state index in [0.29, 0.717) is 58.6 Å². The van der Waals surface area contributed by atoms with Gasteiger partial charge in [0, 0.05) is 22.4 Å². The summed E-state index contributed by atoms with van der Waals surface area (Å²) in [6.07, 6.45) is 0. The number of ether oxygens (including phenoxy) is 4. The van der Waals surface area contributed by atoms with E-state index in [1.165, 1.54) is 0 Å². The molecule has 0 unspecified atom stereocenters. The van der Waals surface area contributed by atoms with Gasteiger partial charge in [-0.25, -0.2) is 0 Å². The van der Waals surface area contributed by atoms with Crippen molar-refractivity contribution in [2.75, 3.05) is 27.4 Å². The highest BCUT2D eigenvalue weighted by molar-refractivity contribution is 5.80. The molecule has 0 saturated carbocycles. The predicted octanol–water partition coefficient (Wildman–Crippen LogP) is 4.40. The second-order valence-corrected chi connectivity index (χ2v) is 6.51. The van der Waals surface area contributed by atoms with Gasteiger partial charge in [0.15, 0.2) is 11.5 Å². The van der Waals surface area contributed by atoms with E-state index < -0.39 is 5.56 Å². The van der Waals surface area contributed by atoms with Gasteiger partial charge in [-0.15, -0.1) is 0 Å². The molecule has 0 fully saturated rings. The average Bonchev–Trinajstić information content (AvgIpc) is 2.79. The summed E-state index contributed by atoms with van der Waals surface area (Å²) in [5.41, 5.74) is 1.81. The van der Waals surface area contributed by atoms with Crippen molar-refractivity contribution < 1.29 is 18.9 Å². The van der Waals surface area contributed by atoms with Crippen LogP contribution in [0.3, 0.4) is 0 Å². The maximum absolute atomic E-state index is 12.8. The second kappa shape index (κ2) is 9.72. The van der Waals surface area contributed by atoms with E-state index in [4.69, 9.17) is 18.9 Å². The molecular weight excluding hydrogens is 396 g/mol. The van der Waals surface area contributed by atoms with Gasteiger partial charge < -0.3 is 23.9 Å². The van der Waals surface area contributed by atoms with Gasteiger partial charge in [-0.2, -0.15) is 5.26 Å². The largest absolute Gasteiger partial charge is 0.494 e. The minimum atomic E-state index is -0.492. The number of nitriles is 1. The maximum Gasteiger partial charge on any atom is 0.266 e. The van der Waals surface area contributed by atoms with Crippen LogP contribution in [0, 0.1) is 11.3 Å². The van der Waals surface area contributed by atoms with E-state index in [9.17, 15) is 10.1 Å². The van der Waals surface area contributed by atoms with Crippen molar-refractivity contribution in [2.24, 2.45) is 0 Å². The Labute approximate surface area is 180 Å². The van der Waals surface area contributed by atoms with E-state index in [1.54, 1.807) is 50.6 Å². The Morgan fingerprint density at radius 3 is 2.23 bits per heavy atom. The molecule has 31 heavy (non-hydrogen) atoms. The first-order valence-electron chi connectivity index (χ1n) is 9.86. The number of H-pyrrole nitrogens is 1. The van der Waals surface area contributed by atoms with Crippen molar-refractivity contribution in [3.8, 4) is 51.5 Å². The molecule has 1 heterocycles. The fraction of sp³-hybridized carbons (Fsp3) is 0.250. The molecule has 0 spiro atoms. The lowest BCUT2D eigenvalue weighted by Gasteiger charge is -2.15. The minimum Gasteiger partial charge on any atom is -0.494 e. The number of hydrogen-bond donors (Lipinski definition) is 1. The van der Waals surface area contributed by atoms with Crippen LogP contribution in [0.15, 0.2) is 47.3 Å². The van der Waals surface area contributed by atoms with Gasteiger partial charge in [0.1, 0.15) is 23.1 Å². The lowest BCUT2D eigenvalue weighted by molar-refractivity contribution is 0.331. The van der Waals surface area contributed by atoms with Gasteiger partial charge in [-0.1, -0.05) is 0 Å². The molecule has 7 nitrogen and oxygen atoms in total. The van der Waals surface area contributed by atoms with Gasteiger partial charge in [0.25, 0.3) is 5.56 Å². The monoisotopic (exact) mass is 420 g/mol. The van der Waals surface area contributed by atoms with Crippen molar-refractivity contribution in [1.29, 1.82) is 5.26 Å². The number of hydrogen-bond acceptors (Lipinski definition) is 6. The van der Waals surface area contributed by atoms with E-state index in [2.05, 4.69) is 4.98 Å². The van der Waals surface area contributed by atoms with Crippen LogP contribution >= 0.6 is 0 Å². The van der Waals surface area contributed by atoms with Crippen LogP contribution in [-0.2, 0) is 0 Å². The number of nitrogens with one attached hydrogen (secondary N) is 1. The van der Waals surface area contributed by atoms with Crippen molar-refractivity contribution in [2.45, 2.75) is 13.8 Å². The summed E-state index contributed by atoms with van der Waals surface area (Å²) >= 11 is 0. The SMILES string of the molecule is CCOc1ccc(OCC)c(-c2cc(-c3ccc(OC)c(OC)c3)[nH]c(=O)c2C#N)c1. The third kappa shape index (κ3) is 4.48.